The Balaban J connectivity index is 1.74. The number of halogens is 3. The van der Waals surface area contributed by atoms with Crippen LogP contribution in [0.4, 0.5) is 8.78 Å². The van der Waals surface area contributed by atoms with E-state index < -0.39 is 11.3 Å². The highest BCUT2D eigenvalue weighted by Gasteiger charge is 2.36. The summed E-state index contributed by atoms with van der Waals surface area (Å²) in [6.45, 7) is 2.83. The van der Waals surface area contributed by atoms with Crippen molar-refractivity contribution in [2.75, 3.05) is 7.11 Å². The van der Waals surface area contributed by atoms with Gasteiger partial charge in [-0.15, -0.1) is 0 Å². The van der Waals surface area contributed by atoms with Crippen LogP contribution in [0, 0.1) is 11.3 Å². The molecule has 0 aliphatic rings. The molecule has 0 N–H and O–H groups in total. The molecule has 3 heterocycles. The van der Waals surface area contributed by atoms with E-state index in [9.17, 15) is 14.0 Å². The van der Waals surface area contributed by atoms with Crippen LogP contribution in [-0.2, 0) is 18.4 Å². The lowest BCUT2D eigenvalue weighted by Crippen LogP contribution is -2.28. The maximum Gasteiger partial charge on any atom is 0.286 e. The number of nitriles is 1. The summed E-state index contributed by atoms with van der Waals surface area (Å²) in [5.74, 6) is -2.69. The van der Waals surface area contributed by atoms with Gasteiger partial charge >= 0.3 is 0 Å². The first kappa shape index (κ1) is 26.3. The normalized spacial score (nSPS) is 13.2. The van der Waals surface area contributed by atoms with Gasteiger partial charge in [0.1, 0.15) is 5.69 Å². The number of rotatable bonds is 6. The van der Waals surface area contributed by atoms with E-state index in [-0.39, 0.29) is 5.69 Å². The summed E-state index contributed by atoms with van der Waals surface area (Å²) in [5.41, 5.74) is 3.79. The van der Waals surface area contributed by atoms with Gasteiger partial charge in [-0.2, -0.15) is 14.0 Å². The number of aromatic nitrogens is 4. The standard InChI is InChI=1S/C30H24ClF2N5O/c1-29(25-16-35-17-38(25)3,21-10-12-24(36-15-21)30(2,32)33)20-9-11-23-22(13-20)27(31)26(28(37-23)39-4)19-7-5-18(14-34)6-8-19/h5-13,15-17H,1-4H3. The Kier molecular flexibility index (Phi) is 6.57. The second-order valence-electron chi connectivity index (χ2n) is 9.57. The number of alkyl halides is 2. The van der Waals surface area contributed by atoms with Crippen LogP contribution < -0.4 is 4.74 Å². The summed E-state index contributed by atoms with van der Waals surface area (Å²) in [5, 5.41) is 10.3. The zero-order chi connectivity index (χ0) is 27.9. The Morgan fingerprint density at radius 3 is 2.28 bits per heavy atom. The van der Waals surface area contributed by atoms with Crippen molar-refractivity contribution in [2.45, 2.75) is 25.2 Å². The lowest BCUT2D eigenvalue weighted by atomic mass is 9.74. The average molecular weight is 544 g/mol. The quantitative estimate of drug-likeness (QED) is 0.230. The molecule has 196 valence electrons. The predicted octanol–water partition coefficient (Wildman–Crippen LogP) is 7.03. The van der Waals surface area contributed by atoms with Gasteiger partial charge in [-0.25, -0.2) is 9.97 Å². The maximum absolute atomic E-state index is 13.9. The third kappa shape index (κ3) is 4.49. The fourth-order valence-electron chi connectivity index (χ4n) is 4.87. The largest absolute Gasteiger partial charge is 0.480 e. The Morgan fingerprint density at radius 1 is 1.00 bits per heavy atom. The summed E-state index contributed by atoms with van der Waals surface area (Å²) >= 11 is 7.03. The van der Waals surface area contributed by atoms with Gasteiger partial charge in [0.05, 0.1) is 52.3 Å². The van der Waals surface area contributed by atoms with Gasteiger partial charge in [0.15, 0.2) is 0 Å². The lowest BCUT2D eigenvalue weighted by molar-refractivity contribution is 0.0127. The van der Waals surface area contributed by atoms with Gasteiger partial charge in [0.25, 0.3) is 5.92 Å². The van der Waals surface area contributed by atoms with Crippen molar-refractivity contribution in [3.63, 3.8) is 0 Å². The molecule has 0 fully saturated rings. The number of ether oxygens (including phenoxy) is 1. The van der Waals surface area contributed by atoms with Crippen molar-refractivity contribution < 1.29 is 13.5 Å². The first-order chi connectivity index (χ1) is 18.6. The molecule has 0 spiro atoms. The lowest BCUT2D eigenvalue weighted by Gasteiger charge is -2.31. The molecule has 0 amide bonds. The van der Waals surface area contributed by atoms with Crippen LogP contribution in [0.2, 0.25) is 5.02 Å². The summed E-state index contributed by atoms with van der Waals surface area (Å²) in [6, 6.07) is 17.9. The minimum Gasteiger partial charge on any atom is -0.480 e. The van der Waals surface area contributed by atoms with E-state index in [1.54, 1.807) is 42.9 Å². The van der Waals surface area contributed by atoms with Crippen molar-refractivity contribution in [1.29, 1.82) is 5.26 Å². The number of imidazole rings is 1. The van der Waals surface area contributed by atoms with E-state index in [0.29, 0.717) is 38.5 Å². The molecule has 9 heteroatoms. The minimum atomic E-state index is -3.05. The smallest absolute Gasteiger partial charge is 0.286 e. The van der Waals surface area contributed by atoms with E-state index in [2.05, 4.69) is 16.0 Å². The number of hydrogen-bond acceptors (Lipinski definition) is 5. The highest BCUT2D eigenvalue weighted by Crippen LogP contribution is 2.44. The number of pyridine rings is 2. The molecule has 0 bridgehead atoms. The Hall–Kier alpha value is -4.35. The maximum atomic E-state index is 13.9. The molecule has 3 aromatic heterocycles. The van der Waals surface area contributed by atoms with Crippen LogP contribution in [0.25, 0.3) is 22.0 Å². The molecule has 6 nitrogen and oxygen atoms in total. The number of fused-ring (bicyclic) bond motifs is 1. The van der Waals surface area contributed by atoms with E-state index in [4.69, 9.17) is 21.3 Å². The van der Waals surface area contributed by atoms with Crippen LogP contribution in [-0.4, -0.2) is 26.6 Å². The van der Waals surface area contributed by atoms with Crippen molar-refractivity contribution >= 4 is 22.5 Å². The fraction of sp³-hybridized carbons (Fsp3) is 0.200. The second-order valence-corrected chi connectivity index (χ2v) is 9.94. The van der Waals surface area contributed by atoms with E-state index in [1.807, 2.05) is 36.7 Å². The van der Waals surface area contributed by atoms with E-state index in [0.717, 1.165) is 23.7 Å². The zero-order valence-electron chi connectivity index (χ0n) is 21.7. The van der Waals surface area contributed by atoms with E-state index in [1.165, 1.54) is 19.4 Å². The molecule has 0 radical (unpaired) electrons. The number of benzene rings is 2. The van der Waals surface area contributed by atoms with Crippen molar-refractivity contribution in [2.24, 2.45) is 7.05 Å². The van der Waals surface area contributed by atoms with Gasteiger partial charge in [-0.1, -0.05) is 35.9 Å². The topological polar surface area (TPSA) is 76.6 Å². The predicted molar refractivity (Wildman–Crippen MR) is 146 cm³/mol. The van der Waals surface area contributed by atoms with Crippen LogP contribution in [0.5, 0.6) is 5.88 Å². The van der Waals surface area contributed by atoms with Crippen LogP contribution in [0.3, 0.4) is 0 Å². The van der Waals surface area contributed by atoms with Crippen molar-refractivity contribution in [1.82, 2.24) is 19.5 Å². The SMILES string of the molecule is COc1nc2ccc(C(C)(c3ccc(C(C)(F)F)nc3)c3cncn3C)cc2c(Cl)c1-c1ccc(C#N)cc1. The molecule has 0 aliphatic heterocycles. The third-order valence-corrected chi connectivity index (χ3v) is 7.47. The molecule has 2 aromatic carbocycles. The molecule has 1 unspecified atom stereocenters. The number of methoxy groups -OCH3 is 1. The summed E-state index contributed by atoms with van der Waals surface area (Å²) in [4.78, 5) is 13.1. The molecule has 5 rings (SSSR count). The average Bonchev–Trinajstić information content (AvgIpc) is 3.38. The first-order valence-electron chi connectivity index (χ1n) is 12.1. The Bertz CT molecular complexity index is 1720. The van der Waals surface area contributed by atoms with Crippen LogP contribution >= 0.6 is 11.6 Å². The first-order valence-corrected chi connectivity index (χ1v) is 12.5. The van der Waals surface area contributed by atoms with Gasteiger partial charge < -0.3 is 9.30 Å². The molecular weight excluding hydrogens is 520 g/mol. The molecule has 39 heavy (non-hydrogen) atoms. The summed E-state index contributed by atoms with van der Waals surface area (Å²) in [7, 11) is 3.41. The van der Waals surface area contributed by atoms with Gasteiger partial charge in [-0.05, 0) is 53.9 Å². The highest BCUT2D eigenvalue weighted by atomic mass is 35.5. The third-order valence-electron chi connectivity index (χ3n) is 7.08. The number of hydrogen-bond donors (Lipinski definition) is 0. The number of nitrogens with zero attached hydrogens (tertiary/aromatic N) is 5. The second kappa shape index (κ2) is 9.75. The number of aryl methyl sites for hydroxylation is 1. The summed E-state index contributed by atoms with van der Waals surface area (Å²) in [6.07, 6.45) is 4.93. The highest BCUT2D eigenvalue weighted by molar-refractivity contribution is 6.38. The fourth-order valence-corrected chi connectivity index (χ4v) is 5.22. The zero-order valence-corrected chi connectivity index (χ0v) is 22.5. The molecule has 0 saturated heterocycles. The van der Waals surface area contributed by atoms with Crippen molar-refractivity contribution in [3.05, 3.63) is 106 Å². The Labute approximate surface area is 229 Å². The van der Waals surface area contributed by atoms with Crippen molar-refractivity contribution in [3.8, 4) is 23.1 Å². The minimum absolute atomic E-state index is 0.302. The molecule has 0 aliphatic carbocycles. The van der Waals surface area contributed by atoms with Gasteiger partial charge in [-0.3, -0.25) is 4.98 Å². The monoisotopic (exact) mass is 543 g/mol. The van der Waals surface area contributed by atoms with E-state index >= 15 is 0 Å². The molecule has 5 aromatic rings. The summed E-state index contributed by atoms with van der Waals surface area (Å²) < 4.78 is 35.3. The molecular formula is C30H24ClF2N5O. The van der Waals surface area contributed by atoms with Gasteiger partial charge in [0.2, 0.25) is 5.88 Å². The molecule has 1 atom stereocenters. The van der Waals surface area contributed by atoms with Crippen LogP contribution in [0.1, 0.15) is 41.9 Å². The van der Waals surface area contributed by atoms with Crippen LogP contribution in [0.15, 0.2) is 73.3 Å². The van der Waals surface area contributed by atoms with Gasteiger partial charge in [0, 0.05) is 31.8 Å². The molecule has 0 saturated carbocycles. The Morgan fingerprint density at radius 2 is 1.72 bits per heavy atom.